The summed E-state index contributed by atoms with van der Waals surface area (Å²) < 4.78 is 0. The number of piperidine rings is 1. The van der Waals surface area contributed by atoms with Gasteiger partial charge in [0, 0.05) is 12.1 Å². The summed E-state index contributed by atoms with van der Waals surface area (Å²) in [7, 11) is 0. The second-order valence-corrected chi connectivity index (χ2v) is 13.7. The first-order chi connectivity index (χ1) is 17.0. The van der Waals surface area contributed by atoms with Crippen molar-refractivity contribution >= 4 is 29.5 Å². The number of ketones is 1. The standard InChI is InChI=1S/C27H43N5O5/c1-25(2,3)20(30-24(37)31-27(6)10-11-27)23(36)32-13-15-17(26(15,4)5)18(32)22(35)29-16(19(33)21(28)34)12-14-8-7-9-14/h14-18,20H,7-13H2,1-6H3,(H2,28,34)(H,29,35)(H2,30,31,37)/t15-,16?,17-,18-,20+/m0/s1. The molecule has 5 atom stereocenters. The third kappa shape index (κ3) is 5.48. The van der Waals surface area contributed by atoms with E-state index in [1.54, 1.807) is 4.90 Å². The van der Waals surface area contributed by atoms with E-state index in [4.69, 9.17) is 5.73 Å². The number of carbonyl (C=O) groups is 5. The van der Waals surface area contributed by atoms with E-state index in [-0.39, 0.29) is 34.6 Å². The van der Waals surface area contributed by atoms with Gasteiger partial charge in [-0.1, -0.05) is 53.9 Å². The van der Waals surface area contributed by atoms with Crippen LogP contribution in [0, 0.1) is 28.6 Å². The van der Waals surface area contributed by atoms with Gasteiger partial charge in [0.25, 0.3) is 5.91 Å². The SMILES string of the molecule is CC1(NC(=O)N[C@H](C(=O)N2C[C@H]3[C@@H]([C@H]2C(=O)NC(CC2CCC2)C(=O)C(N)=O)C3(C)C)C(C)(C)C)CC1. The normalized spacial score (nSPS) is 28.7. The zero-order chi connectivity index (χ0) is 27.5. The number of nitrogens with zero attached hydrogens (tertiary/aromatic N) is 1. The molecule has 1 saturated heterocycles. The van der Waals surface area contributed by atoms with Crippen LogP contribution < -0.4 is 21.7 Å². The summed E-state index contributed by atoms with van der Waals surface area (Å²) in [5, 5.41) is 8.60. The number of rotatable bonds is 9. The lowest BCUT2D eigenvalue weighted by atomic mass is 9.80. The molecule has 10 heteroatoms. The van der Waals surface area contributed by atoms with E-state index in [0.29, 0.717) is 13.0 Å². The third-order valence-electron chi connectivity index (χ3n) is 9.23. The largest absolute Gasteiger partial charge is 0.363 e. The van der Waals surface area contributed by atoms with Crippen molar-refractivity contribution in [3.05, 3.63) is 0 Å². The fraction of sp³-hybridized carbons (Fsp3) is 0.815. The summed E-state index contributed by atoms with van der Waals surface area (Å²) in [6.45, 7) is 12.2. The number of fused-ring (bicyclic) bond motifs is 1. The fourth-order valence-corrected chi connectivity index (χ4v) is 6.10. The fourth-order valence-electron chi connectivity index (χ4n) is 6.10. The Balaban J connectivity index is 1.53. The first-order valence-corrected chi connectivity index (χ1v) is 13.6. The van der Waals surface area contributed by atoms with Crippen LogP contribution in [0.2, 0.25) is 0 Å². The van der Waals surface area contributed by atoms with Gasteiger partial charge in [-0.25, -0.2) is 4.79 Å². The molecule has 0 radical (unpaired) electrons. The lowest BCUT2D eigenvalue weighted by Gasteiger charge is -2.38. The summed E-state index contributed by atoms with van der Waals surface area (Å²) >= 11 is 0. The number of nitrogens with one attached hydrogen (secondary N) is 3. The quantitative estimate of drug-likeness (QED) is 0.342. The van der Waals surface area contributed by atoms with Crippen LogP contribution in [0.1, 0.15) is 80.1 Å². The number of amides is 5. The molecule has 0 aromatic heterocycles. The van der Waals surface area contributed by atoms with Gasteiger partial charge in [-0.15, -0.1) is 0 Å². The molecule has 3 aliphatic carbocycles. The van der Waals surface area contributed by atoms with E-state index in [2.05, 4.69) is 29.8 Å². The molecule has 5 N–H and O–H groups in total. The molecule has 1 unspecified atom stereocenters. The minimum atomic E-state index is -1.07. The van der Waals surface area contributed by atoms with Gasteiger partial charge < -0.3 is 26.6 Å². The number of carbonyl (C=O) groups excluding carboxylic acids is 5. The van der Waals surface area contributed by atoms with E-state index in [9.17, 15) is 24.0 Å². The van der Waals surface area contributed by atoms with Crippen LogP contribution in [0.25, 0.3) is 0 Å². The Morgan fingerprint density at radius 2 is 1.65 bits per heavy atom. The first-order valence-electron chi connectivity index (χ1n) is 13.6. The van der Waals surface area contributed by atoms with Gasteiger partial charge in [0.1, 0.15) is 12.1 Å². The topological polar surface area (TPSA) is 151 Å². The third-order valence-corrected chi connectivity index (χ3v) is 9.23. The Labute approximate surface area is 219 Å². The minimum Gasteiger partial charge on any atom is -0.363 e. The highest BCUT2D eigenvalue weighted by Gasteiger charge is 2.70. The van der Waals surface area contributed by atoms with Gasteiger partial charge in [0.2, 0.25) is 17.6 Å². The summed E-state index contributed by atoms with van der Waals surface area (Å²) in [6.07, 6.45) is 5.12. The van der Waals surface area contributed by atoms with Crippen molar-refractivity contribution in [3.8, 4) is 0 Å². The highest BCUT2D eigenvalue weighted by atomic mass is 16.2. The number of nitrogens with two attached hydrogens (primary N) is 1. The monoisotopic (exact) mass is 517 g/mol. The molecule has 10 nitrogen and oxygen atoms in total. The lowest BCUT2D eigenvalue weighted by Crippen LogP contribution is -2.62. The molecular weight excluding hydrogens is 474 g/mol. The van der Waals surface area contributed by atoms with Crippen LogP contribution in [0.4, 0.5) is 4.79 Å². The smallest absolute Gasteiger partial charge is 0.315 e. The second kappa shape index (κ2) is 9.27. The average molecular weight is 518 g/mol. The molecule has 0 spiro atoms. The van der Waals surface area contributed by atoms with E-state index < -0.39 is 47.2 Å². The van der Waals surface area contributed by atoms with Crippen molar-refractivity contribution < 1.29 is 24.0 Å². The van der Waals surface area contributed by atoms with Crippen molar-refractivity contribution in [1.29, 1.82) is 0 Å². The van der Waals surface area contributed by atoms with Crippen LogP contribution in [0.5, 0.6) is 0 Å². The van der Waals surface area contributed by atoms with Crippen molar-refractivity contribution in [2.24, 2.45) is 34.3 Å². The highest BCUT2D eigenvalue weighted by Crippen LogP contribution is 2.65. The van der Waals surface area contributed by atoms with Crippen LogP contribution >= 0.6 is 0 Å². The van der Waals surface area contributed by atoms with Crippen LogP contribution in [0.15, 0.2) is 0 Å². The lowest BCUT2D eigenvalue weighted by molar-refractivity contribution is -0.145. The molecule has 4 fully saturated rings. The van der Waals surface area contributed by atoms with Crippen molar-refractivity contribution in [1.82, 2.24) is 20.9 Å². The second-order valence-electron chi connectivity index (χ2n) is 13.7. The number of urea groups is 1. The molecule has 4 aliphatic rings. The van der Waals surface area contributed by atoms with Crippen LogP contribution in [-0.2, 0) is 19.2 Å². The predicted octanol–water partition coefficient (Wildman–Crippen LogP) is 1.47. The zero-order valence-electron chi connectivity index (χ0n) is 23.0. The predicted molar refractivity (Wildman–Crippen MR) is 137 cm³/mol. The summed E-state index contributed by atoms with van der Waals surface area (Å²) in [6, 6.07) is -3.02. The summed E-state index contributed by atoms with van der Waals surface area (Å²) in [5.74, 6) is -2.28. The average Bonchev–Trinajstić information content (AvgIpc) is 3.51. The Morgan fingerprint density at radius 1 is 1.03 bits per heavy atom. The van der Waals surface area contributed by atoms with Gasteiger partial charge in [-0.2, -0.15) is 0 Å². The Hall–Kier alpha value is -2.65. The van der Waals surface area contributed by atoms with Crippen molar-refractivity contribution in [3.63, 3.8) is 0 Å². The van der Waals surface area contributed by atoms with Gasteiger partial charge >= 0.3 is 6.03 Å². The molecule has 3 saturated carbocycles. The molecule has 5 amide bonds. The Morgan fingerprint density at radius 3 is 2.14 bits per heavy atom. The molecule has 1 heterocycles. The van der Waals surface area contributed by atoms with Gasteiger partial charge in [0.15, 0.2) is 0 Å². The van der Waals surface area contributed by atoms with Crippen molar-refractivity contribution in [2.75, 3.05) is 6.54 Å². The zero-order valence-corrected chi connectivity index (χ0v) is 23.0. The molecule has 0 aromatic rings. The molecule has 206 valence electrons. The molecule has 1 aliphatic heterocycles. The molecule has 4 rings (SSSR count). The highest BCUT2D eigenvalue weighted by molar-refractivity contribution is 6.37. The molecular formula is C27H43N5O5. The van der Waals surface area contributed by atoms with Crippen LogP contribution in [-0.4, -0.2) is 64.6 Å². The van der Waals surface area contributed by atoms with E-state index in [1.165, 1.54) is 0 Å². The van der Waals surface area contributed by atoms with Crippen LogP contribution in [0.3, 0.4) is 0 Å². The van der Waals surface area contributed by atoms with E-state index >= 15 is 0 Å². The van der Waals surface area contributed by atoms with E-state index in [1.807, 2.05) is 27.7 Å². The first kappa shape index (κ1) is 27.4. The molecule has 0 aromatic carbocycles. The van der Waals surface area contributed by atoms with E-state index in [0.717, 1.165) is 32.1 Å². The summed E-state index contributed by atoms with van der Waals surface area (Å²) in [4.78, 5) is 66.2. The Kier molecular flexibility index (Phi) is 6.86. The maximum Gasteiger partial charge on any atom is 0.315 e. The molecule has 0 bridgehead atoms. The number of Topliss-reactive ketones (excluding diaryl/α,β-unsaturated/α-hetero) is 1. The number of hydrogen-bond acceptors (Lipinski definition) is 5. The number of hydrogen-bond donors (Lipinski definition) is 4. The molecule has 37 heavy (non-hydrogen) atoms. The van der Waals surface area contributed by atoms with Crippen molar-refractivity contribution in [2.45, 2.75) is 104 Å². The minimum absolute atomic E-state index is 0.0655. The van der Waals surface area contributed by atoms with Gasteiger partial charge in [-0.3, -0.25) is 19.2 Å². The number of likely N-dealkylation sites (tertiary alicyclic amines) is 1. The summed E-state index contributed by atoms with van der Waals surface area (Å²) in [5.41, 5.74) is 4.32. The maximum atomic E-state index is 13.9. The van der Waals surface area contributed by atoms with Gasteiger partial charge in [0.05, 0.1) is 6.04 Å². The maximum absolute atomic E-state index is 13.9. The van der Waals surface area contributed by atoms with Gasteiger partial charge in [-0.05, 0) is 54.8 Å². The Bertz CT molecular complexity index is 994. The number of primary amides is 1.